The van der Waals surface area contributed by atoms with Gasteiger partial charge in [0, 0.05) is 51.8 Å². The van der Waals surface area contributed by atoms with E-state index in [1.165, 1.54) is 31.7 Å². The molecule has 0 spiro atoms. The zero-order chi connectivity index (χ0) is 39.0. The highest BCUT2D eigenvalue weighted by Crippen LogP contribution is 2.49. The van der Waals surface area contributed by atoms with Crippen molar-refractivity contribution in [3.05, 3.63) is 135 Å². The number of fused-ring (bicyclic) bond motifs is 4. The van der Waals surface area contributed by atoms with Crippen molar-refractivity contribution in [1.29, 1.82) is 0 Å². The summed E-state index contributed by atoms with van der Waals surface area (Å²) < 4.78 is 61.3. The van der Waals surface area contributed by atoms with Crippen LogP contribution < -0.4 is 9.47 Å². The van der Waals surface area contributed by atoms with E-state index in [0.29, 0.717) is 19.5 Å². The average Bonchev–Trinajstić information content (AvgIpc) is 3.98. The van der Waals surface area contributed by atoms with Crippen LogP contribution in [0.4, 0.5) is 5.69 Å². The van der Waals surface area contributed by atoms with Gasteiger partial charge in [-0.1, -0.05) is 102 Å². The van der Waals surface area contributed by atoms with Gasteiger partial charge in [0.1, 0.15) is 4.70 Å². The van der Waals surface area contributed by atoms with E-state index in [1.807, 2.05) is 0 Å². The number of thioether (sulfide) groups is 1. The average molecular weight is 839 g/mol. The first-order valence-electron chi connectivity index (χ1n) is 18.8. The number of hydrogen-bond donors (Lipinski definition) is 1. The Morgan fingerprint density at radius 3 is 2.71 bits per heavy atom. The number of thiazole rings is 1. The number of anilines is 1. The number of rotatable bonds is 14. The van der Waals surface area contributed by atoms with Crippen LogP contribution >= 0.6 is 34.4 Å². The lowest BCUT2D eigenvalue weighted by atomic mass is 9.93. The van der Waals surface area contributed by atoms with Gasteiger partial charge in [-0.3, -0.25) is 8.76 Å². The van der Waals surface area contributed by atoms with Gasteiger partial charge in [0.05, 0.1) is 16.0 Å². The van der Waals surface area contributed by atoms with E-state index in [2.05, 4.69) is 131 Å². The van der Waals surface area contributed by atoms with E-state index in [1.54, 1.807) is 41.4 Å². The number of allylic oxidation sites excluding steroid dienone is 3. The second-order valence-corrected chi connectivity index (χ2v) is 20.2. The number of aromatic nitrogens is 1. The second-order valence-electron chi connectivity index (χ2n) is 14.2. The van der Waals surface area contributed by atoms with Crippen LogP contribution in [0.3, 0.4) is 0 Å². The Bertz CT molecular complexity index is 2670. The van der Waals surface area contributed by atoms with Gasteiger partial charge < -0.3 is 9.45 Å². The lowest BCUT2D eigenvalue weighted by Crippen LogP contribution is -2.37. The maximum absolute atomic E-state index is 12.1. The molecule has 0 saturated carbocycles. The van der Waals surface area contributed by atoms with Gasteiger partial charge in [0.2, 0.25) is 5.52 Å². The highest BCUT2D eigenvalue weighted by atomic mass is 32.2. The summed E-state index contributed by atoms with van der Waals surface area (Å²) in [6, 6.07) is 30.3. The van der Waals surface area contributed by atoms with Gasteiger partial charge in [-0.05, 0) is 101 Å². The number of unbranched alkanes of at least 4 members (excludes halogenated alkanes) is 1. The van der Waals surface area contributed by atoms with E-state index in [4.69, 9.17) is 0 Å². The molecule has 4 aromatic carbocycles. The van der Waals surface area contributed by atoms with Crippen molar-refractivity contribution >= 4 is 93.8 Å². The second kappa shape index (κ2) is 16.5. The van der Waals surface area contributed by atoms with Crippen LogP contribution in [0.15, 0.2) is 118 Å². The van der Waals surface area contributed by atoms with Crippen molar-refractivity contribution in [3.63, 3.8) is 0 Å². The van der Waals surface area contributed by atoms with Gasteiger partial charge in [-0.15, -0.1) is 11.3 Å². The minimum absolute atomic E-state index is 0.142. The summed E-state index contributed by atoms with van der Waals surface area (Å²) >= 11 is 3.06. The monoisotopic (exact) mass is 838 g/mol. The minimum Gasteiger partial charge on any atom is -0.772 e. The molecule has 12 heteroatoms. The predicted molar refractivity (Wildman–Crippen MR) is 235 cm³/mol. The van der Waals surface area contributed by atoms with E-state index in [-0.39, 0.29) is 18.1 Å². The fraction of sp³-hybridized carbons (Fsp3) is 0.250. The first kappa shape index (κ1) is 39.0. The quantitative estimate of drug-likeness (QED) is 0.0504. The number of thiophene rings is 1. The predicted octanol–water partition coefficient (Wildman–Crippen LogP) is 10.8. The van der Waals surface area contributed by atoms with Crippen molar-refractivity contribution in [2.45, 2.75) is 62.1 Å². The Kier molecular flexibility index (Phi) is 11.5. The summed E-state index contributed by atoms with van der Waals surface area (Å²) in [5.74, 6) is 0.319. The molecule has 3 unspecified atom stereocenters. The van der Waals surface area contributed by atoms with Crippen LogP contribution in [0.25, 0.3) is 43.6 Å². The Labute approximate surface area is 343 Å². The molecule has 0 bridgehead atoms. The molecule has 2 aromatic heterocycles. The molecule has 0 fully saturated rings. The zero-order valence-corrected chi connectivity index (χ0v) is 35.2. The molecule has 56 heavy (non-hydrogen) atoms. The molecule has 288 valence electrons. The Morgan fingerprint density at radius 1 is 1.04 bits per heavy atom. The van der Waals surface area contributed by atoms with Crippen molar-refractivity contribution in [2.75, 3.05) is 17.2 Å². The number of nitrogens with zero attached hydrogens (tertiary/aromatic N) is 2. The van der Waals surface area contributed by atoms with Gasteiger partial charge in [-0.25, -0.2) is 0 Å². The van der Waals surface area contributed by atoms with Gasteiger partial charge in [0.15, 0.2) is 6.54 Å². The maximum atomic E-state index is 12.1. The summed E-state index contributed by atoms with van der Waals surface area (Å²) in [6.07, 6.45) is 11.3. The van der Waals surface area contributed by atoms with Crippen LogP contribution in [0.5, 0.6) is 0 Å². The molecule has 0 saturated heterocycles. The highest BCUT2D eigenvalue weighted by Gasteiger charge is 2.29. The summed E-state index contributed by atoms with van der Waals surface area (Å²) in [5.41, 5.74) is 9.29. The van der Waals surface area contributed by atoms with Crippen LogP contribution in [-0.4, -0.2) is 39.3 Å². The third-order valence-corrected chi connectivity index (χ3v) is 15.7. The third kappa shape index (κ3) is 8.11. The van der Waals surface area contributed by atoms with Crippen LogP contribution in [0.1, 0.15) is 67.1 Å². The fourth-order valence-electron chi connectivity index (χ4n) is 7.55. The van der Waals surface area contributed by atoms with Crippen molar-refractivity contribution in [1.82, 2.24) is 0 Å². The van der Waals surface area contributed by atoms with Crippen LogP contribution in [0.2, 0.25) is 0 Å². The molecular weight excluding hydrogens is 797 g/mol. The van der Waals surface area contributed by atoms with Crippen molar-refractivity contribution in [2.24, 2.45) is 0 Å². The molecule has 7 nitrogen and oxygen atoms in total. The smallest absolute Gasteiger partial charge is 0.267 e. The summed E-state index contributed by atoms with van der Waals surface area (Å²) in [5, 5.41) is 4.50. The lowest BCUT2D eigenvalue weighted by molar-refractivity contribution is -0.669. The highest BCUT2D eigenvalue weighted by molar-refractivity contribution is 8.03. The van der Waals surface area contributed by atoms with E-state index < -0.39 is 26.4 Å². The molecule has 2 aliphatic rings. The molecule has 8 rings (SSSR count). The largest absolute Gasteiger partial charge is 0.772 e. The fourth-order valence-corrected chi connectivity index (χ4v) is 11.5. The van der Waals surface area contributed by atoms with E-state index >= 15 is 0 Å². The maximum Gasteiger partial charge on any atom is 0.267 e. The standard InChI is InChI=1S/C44H42N2O5S5/c1-3-30(25-43-45(21-6-7-24-55(47)48)38-28-33(15-18-41(38)53-43)36-16-13-31-9-4-5-10-34(31)36)26-44-46(22-19-29(2)56(49,50)51)39-27-32(14-17-42(39)54-44)35-11-8-12-40-37(35)20-23-52-40/h4-5,8-18,20,23,25-29,36H,3,6-7,19,21-22,24H2,1-2H3,(H-,47,48,49,50,51). The van der Waals surface area contributed by atoms with Gasteiger partial charge in [-0.2, -0.15) is 13.0 Å². The molecule has 0 amide bonds. The molecule has 6 aromatic rings. The molecule has 1 aliphatic carbocycles. The number of aryl methyl sites for hydroxylation is 1. The van der Waals surface area contributed by atoms with Crippen molar-refractivity contribution < 1.29 is 26.3 Å². The van der Waals surface area contributed by atoms with Gasteiger partial charge in [0.25, 0.3) is 15.1 Å². The van der Waals surface area contributed by atoms with Crippen LogP contribution in [-0.2, 0) is 27.7 Å². The molecule has 0 radical (unpaired) electrons. The third-order valence-electron chi connectivity index (χ3n) is 10.7. The molecule has 1 N–H and O–H groups in total. The number of hydrogen-bond acceptors (Lipinski definition) is 8. The first-order chi connectivity index (χ1) is 27.1. The van der Waals surface area contributed by atoms with E-state index in [0.717, 1.165) is 55.5 Å². The Hall–Kier alpha value is -3.88. The zero-order valence-electron chi connectivity index (χ0n) is 31.1. The van der Waals surface area contributed by atoms with E-state index in [9.17, 15) is 21.7 Å². The molecular formula is C44H42N2O5S5. The molecule has 3 atom stereocenters. The molecule has 1 aliphatic heterocycles. The Morgan fingerprint density at radius 2 is 1.89 bits per heavy atom. The number of benzene rings is 4. The van der Waals surface area contributed by atoms with Crippen LogP contribution in [0, 0.1) is 0 Å². The summed E-state index contributed by atoms with van der Waals surface area (Å²) in [7, 11) is -4.18. The topological polar surface area (TPSA) is 102 Å². The first-order valence-corrected chi connectivity index (χ1v) is 24.1. The summed E-state index contributed by atoms with van der Waals surface area (Å²) in [4.78, 5) is 3.51. The normalized spacial score (nSPS) is 17.3. The molecule has 3 heterocycles. The SMILES string of the molecule is CCC(=Cc1sc2ccc(-c3cccc4sccc34)cc2[n+]1CCC(C)S(=O)(=O)O)C=C1Sc2ccc(C3C=Cc4ccccc43)cc2N1CCCCS(=O)[O-]. The minimum atomic E-state index is -4.18. The summed E-state index contributed by atoms with van der Waals surface area (Å²) in [6.45, 7) is 4.80. The van der Waals surface area contributed by atoms with Gasteiger partial charge >= 0.3 is 0 Å². The lowest BCUT2D eigenvalue weighted by Gasteiger charge is -2.22. The Balaban J connectivity index is 1.17. The van der Waals surface area contributed by atoms with Crippen molar-refractivity contribution in [3.8, 4) is 11.1 Å².